The third kappa shape index (κ3) is 7.38. The van der Waals surface area contributed by atoms with Crippen molar-refractivity contribution in [1.82, 2.24) is 10.6 Å². The first-order valence-corrected chi connectivity index (χ1v) is 7.89. The Kier molecular flexibility index (Phi) is 9.18. The number of methoxy groups -OCH3 is 1. The summed E-state index contributed by atoms with van der Waals surface area (Å²) in [7, 11) is 1.65. The van der Waals surface area contributed by atoms with E-state index in [2.05, 4.69) is 17.6 Å². The molecule has 0 bridgehead atoms. The molecule has 0 aromatic heterocycles. The summed E-state index contributed by atoms with van der Waals surface area (Å²) in [6.07, 6.45) is 2.89. The molecule has 22 heavy (non-hydrogen) atoms. The smallest absolute Gasteiger partial charge is 0.257 e. The lowest BCUT2D eigenvalue weighted by atomic mass is 10.2. The molecular weight excluding hydrogens is 300 g/mol. The highest BCUT2D eigenvalue weighted by Gasteiger charge is 2.08. The molecule has 0 spiro atoms. The Morgan fingerprint density at radius 1 is 1.27 bits per heavy atom. The lowest BCUT2D eigenvalue weighted by Crippen LogP contribution is -2.39. The van der Waals surface area contributed by atoms with Crippen molar-refractivity contribution < 1.29 is 14.3 Å². The standard InChI is InChI=1S/C16H24N2O3S/c1-3-4-11-21-14-8-5-7-13(12-14)15(19)18-16(22)17-9-6-10-20-2/h5,7-8,12H,3-4,6,9-11H2,1-2H3,(H2,17,18,19,22). The van der Waals surface area contributed by atoms with E-state index >= 15 is 0 Å². The fraction of sp³-hybridized carbons (Fsp3) is 0.500. The van der Waals surface area contributed by atoms with Crippen LogP contribution < -0.4 is 15.4 Å². The number of amides is 1. The second-order valence-corrected chi connectivity index (χ2v) is 5.19. The molecule has 1 aromatic rings. The average molecular weight is 324 g/mol. The number of unbranched alkanes of at least 4 members (excludes halogenated alkanes) is 1. The highest BCUT2D eigenvalue weighted by molar-refractivity contribution is 7.80. The first-order chi connectivity index (χ1) is 10.7. The zero-order valence-corrected chi connectivity index (χ0v) is 14.0. The van der Waals surface area contributed by atoms with Crippen LogP contribution in [0.15, 0.2) is 24.3 Å². The second kappa shape index (κ2) is 11.0. The molecular formula is C16H24N2O3S. The van der Waals surface area contributed by atoms with Crippen LogP contribution >= 0.6 is 12.2 Å². The molecule has 0 aliphatic carbocycles. The molecule has 0 radical (unpaired) electrons. The lowest BCUT2D eigenvalue weighted by molar-refractivity contribution is 0.0976. The Morgan fingerprint density at radius 3 is 2.82 bits per heavy atom. The number of hydrogen-bond acceptors (Lipinski definition) is 4. The second-order valence-electron chi connectivity index (χ2n) is 4.79. The van der Waals surface area contributed by atoms with Gasteiger partial charge in [-0.2, -0.15) is 0 Å². The maximum Gasteiger partial charge on any atom is 0.257 e. The van der Waals surface area contributed by atoms with E-state index in [1.807, 2.05) is 6.07 Å². The van der Waals surface area contributed by atoms with Crippen LogP contribution in [0.4, 0.5) is 0 Å². The molecule has 0 fully saturated rings. The molecule has 6 heteroatoms. The summed E-state index contributed by atoms with van der Waals surface area (Å²) < 4.78 is 10.5. The highest BCUT2D eigenvalue weighted by atomic mass is 32.1. The van der Waals surface area contributed by atoms with Crippen LogP contribution in [0.2, 0.25) is 0 Å². The van der Waals surface area contributed by atoms with Gasteiger partial charge in [-0.25, -0.2) is 0 Å². The minimum Gasteiger partial charge on any atom is -0.494 e. The topological polar surface area (TPSA) is 59.6 Å². The van der Waals surface area contributed by atoms with Gasteiger partial charge in [-0.1, -0.05) is 19.4 Å². The van der Waals surface area contributed by atoms with E-state index < -0.39 is 0 Å². The van der Waals surface area contributed by atoms with Crippen molar-refractivity contribution in [2.45, 2.75) is 26.2 Å². The van der Waals surface area contributed by atoms with E-state index in [4.69, 9.17) is 21.7 Å². The van der Waals surface area contributed by atoms with E-state index in [1.54, 1.807) is 25.3 Å². The number of hydrogen-bond donors (Lipinski definition) is 2. The van der Waals surface area contributed by atoms with Crippen LogP contribution in [0.3, 0.4) is 0 Å². The Morgan fingerprint density at radius 2 is 2.09 bits per heavy atom. The summed E-state index contributed by atoms with van der Waals surface area (Å²) in [5.41, 5.74) is 0.523. The third-order valence-electron chi connectivity index (χ3n) is 2.90. The molecule has 1 aromatic carbocycles. The molecule has 0 unspecified atom stereocenters. The Bertz CT molecular complexity index is 480. The summed E-state index contributed by atoms with van der Waals surface area (Å²) in [4.78, 5) is 12.1. The van der Waals surface area contributed by atoms with Crippen molar-refractivity contribution in [2.75, 3.05) is 26.9 Å². The molecule has 2 N–H and O–H groups in total. The molecule has 5 nitrogen and oxygen atoms in total. The molecule has 0 heterocycles. The van der Waals surface area contributed by atoms with Crippen molar-refractivity contribution >= 4 is 23.2 Å². The number of thiocarbonyl (C=S) groups is 1. The van der Waals surface area contributed by atoms with E-state index in [9.17, 15) is 4.79 Å². The molecule has 122 valence electrons. The van der Waals surface area contributed by atoms with Gasteiger partial charge in [0.2, 0.25) is 0 Å². The fourth-order valence-corrected chi connectivity index (χ4v) is 1.89. The molecule has 0 aliphatic rings. The predicted molar refractivity (Wildman–Crippen MR) is 91.4 cm³/mol. The van der Waals surface area contributed by atoms with Gasteiger partial charge in [0.15, 0.2) is 5.11 Å². The number of benzene rings is 1. The number of rotatable bonds is 9. The zero-order valence-electron chi connectivity index (χ0n) is 13.2. The number of carbonyl (C=O) groups is 1. The molecule has 0 atom stereocenters. The van der Waals surface area contributed by atoms with Crippen molar-refractivity contribution in [3.63, 3.8) is 0 Å². The van der Waals surface area contributed by atoms with Crippen LogP contribution in [-0.2, 0) is 4.74 Å². The van der Waals surface area contributed by atoms with Crippen molar-refractivity contribution in [1.29, 1.82) is 0 Å². The van der Waals surface area contributed by atoms with Crippen LogP contribution in [0.25, 0.3) is 0 Å². The summed E-state index contributed by atoms with van der Waals surface area (Å²) in [5, 5.41) is 5.93. The Labute approximate surface area is 137 Å². The minimum atomic E-state index is -0.245. The normalized spacial score (nSPS) is 10.1. The first-order valence-electron chi connectivity index (χ1n) is 7.48. The van der Waals surface area contributed by atoms with E-state index in [0.717, 1.165) is 19.3 Å². The largest absolute Gasteiger partial charge is 0.494 e. The van der Waals surface area contributed by atoms with Gasteiger partial charge < -0.3 is 14.8 Å². The first kappa shape index (κ1) is 18.4. The predicted octanol–water partition coefficient (Wildman–Crippen LogP) is 2.51. The van der Waals surface area contributed by atoms with Gasteiger partial charge in [-0.05, 0) is 43.3 Å². The summed E-state index contributed by atoms with van der Waals surface area (Å²) >= 11 is 5.08. The highest BCUT2D eigenvalue weighted by Crippen LogP contribution is 2.13. The summed E-state index contributed by atoms with van der Waals surface area (Å²) in [6, 6.07) is 7.09. The van der Waals surface area contributed by atoms with Crippen LogP contribution in [-0.4, -0.2) is 37.9 Å². The van der Waals surface area contributed by atoms with Gasteiger partial charge in [0.1, 0.15) is 5.75 Å². The van der Waals surface area contributed by atoms with Gasteiger partial charge in [-0.15, -0.1) is 0 Å². The van der Waals surface area contributed by atoms with Gasteiger partial charge in [0.05, 0.1) is 6.61 Å². The van der Waals surface area contributed by atoms with Gasteiger partial charge in [0, 0.05) is 25.8 Å². The van der Waals surface area contributed by atoms with Crippen LogP contribution in [0.5, 0.6) is 5.75 Å². The monoisotopic (exact) mass is 324 g/mol. The third-order valence-corrected chi connectivity index (χ3v) is 3.15. The lowest BCUT2D eigenvalue weighted by Gasteiger charge is -2.10. The Balaban J connectivity index is 2.44. The summed E-state index contributed by atoms with van der Waals surface area (Å²) in [6.45, 7) is 4.07. The van der Waals surface area contributed by atoms with Gasteiger partial charge in [-0.3, -0.25) is 10.1 Å². The van der Waals surface area contributed by atoms with Gasteiger partial charge >= 0.3 is 0 Å². The molecule has 0 aliphatic heterocycles. The quantitative estimate of drug-likeness (QED) is 0.540. The molecule has 1 rings (SSSR count). The number of carbonyl (C=O) groups excluding carboxylic acids is 1. The van der Waals surface area contributed by atoms with E-state index in [0.29, 0.717) is 36.2 Å². The maximum atomic E-state index is 12.1. The minimum absolute atomic E-state index is 0.245. The van der Waals surface area contributed by atoms with Crippen LogP contribution in [0, 0.1) is 0 Å². The summed E-state index contributed by atoms with van der Waals surface area (Å²) in [5.74, 6) is 0.449. The van der Waals surface area contributed by atoms with Crippen molar-refractivity contribution in [2.24, 2.45) is 0 Å². The molecule has 0 saturated heterocycles. The van der Waals surface area contributed by atoms with Crippen LogP contribution in [0.1, 0.15) is 36.5 Å². The maximum absolute atomic E-state index is 12.1. The SMILES string of the molecule is CCCCOc1cccc(C(=O)NC(=S)NCCCOC)c1. The van der Waals surface area contributed by atoms with Gasteiger partial charge in [0.25, 0.3) is 5.91 Å². The molecule has 1 amide bonds. The van der Waals surface area contributed by atoms with Crippen molar-refractivity contribution in [3.05, 3.63) is 29.8 Å². The zero-order chi connectivity index (χ0) is 16.2. The van der Waals surface area contributed by atoms with Crippen molar-refractivity contribution in [3.8, 4) is 5.75 Å². The van der Waals surface area contributed by atoms with E-state index in [1.165, 1.54) is 0 Å². The van der Waals surface area contributed by atoms with E-state index in [-0.39, 0.29) is 5.91 Å². The number of nitrogens with one attached hydrogen (secondary N) is 2. The Hall–Kier alpha value is -1.66. The number of ether oxygens (including phenoxy) is 2. The average Bonchev–Trinajstić information content (AvgIpc) is 2.52. The molecule has 0 saturated carbocycles. The fourth-order valence-electron chi connectivity index (χ4n) is 1.70.